The van der Waals surface area contributed by atoms with Gasteiger partial charge in [-0.1, -0.05) is 36.4 Å². The van der Waals surface area contributed by atoms with Gasteiger partial charge in [0.1, 0.15) is 0 Å². The van der Waals surface area contributed by atoms with Crippen molar-refractivity contribution >= 4 is 15.9 Å². The topological polar surface area (TPSA) is 34.1 Å². The van der Waals surface area contributed by atoms with Crippen LogP contribution in [-0.2, 0) is 22.7 Å². The number of aryl methyl sites for hydroxylation is 2. The maximum atomic E-state index is 12.2. The lowest BCUT2D eigenvalue weighted by Crippen LogP contribution is -1.95. The minimum absolute atomic E-state index is 0.331. The van der Waals surface area contributed by atoms with Crippen LogP contribution in [0.15, 0.2) is 58.8 Å². The van der Waals surface area contributed by atoms with Gasteiger partial charge in [-0.2, -0.15) is 0 Å². The van der Waals surface area contributed by atoms with Crippen molar-refractivity contribution in [3.8, 4) is 0 Å². The second-order valence-electron chi connectivity index (χ2n) is 5.04. The molecule has 3 heteroatoms. The van der Waals surface area contributed by atoms with E-state index in [1.165, 1.54) is 23.0 Å². The van der Waals surface area contributed by atoms with Crippen LogP contribution in [0, 0.1) is 0 Å². The van der Waals surface area contributed by atoms with Gasteiger partial charge in [0.2, 0.25) is 0 Å². The number of sulfone groups is 1. The Bertz CT molecular complexity index is 744. The Morgan fingerprint density at radius 3 is 2.45 bits per heavy atom. The summed E-state index contributed by atoms with van der Waals surface area (Å²) in [5.41, 5.74) is 3.70. The van der Waals surface area contributed by atoms with E-state index in [1.807, 2.05) is 12.1 Å². The van der Waals surface area contributed by atoms with Crippen molar-refractivity contribution in [2.24, 2.45) is 0 Å². The van der Waals surface area contributed by atoms with Crippen molar-refractivity contribution in [2.75, 3.05) is 0 Å². The zero-order chi connectivity index (χ0) is 14.0. The first-order chi connectivity index (χ1) is 9.65. The van der Waals surface area contributed by atoms with E-state index in [2.05, 4.69) is 12.1 Å². The summed E-state index contributed by atoms with van der Waals surface area (Å²) in [4.78, 5) is 0.331. The van der Waals surface area contributed by atoms with Gasteiger partial charge < -0.3 is 0 Å². The van der Waals surface area contributed by atoms with Crippen molar-refractivity contribution < 1.29 is 8.42 Å². The summed E-state index contributed by atoms with van der Waals surface area (Å²) in [5.74, 6) is 0. The van der Waals surface area contributed by atoms with Gasteiger partial charge >= 0.3 is 0 Å². The molecule has 0 spiro atoms. The molecule has 0 aliphatic heterocycles. The van der Waals surface area contributed by atoms with E-state index in [-0.39, 0.29) is 0 Å². The Kier molecular flexibility index (Phi) is 3.45. The van der Waals surface area contributed by atoms with Crippen LogP contribution in [-0.4, -0.2) is 8.42 Å². The fraction of sp³-hybridized carbons (Fsp3) is 0.176. The lowest BCUT2D eigenvalue weighted by atomic mass is 10.1. The summed E-state index contributed by atoms with van der Waals surface area (Å²) < 4.78 is 24.3. The Morgan fingerprint density at radius 2 is 1.65 bits per heavy atom. The minimum atomic E-state index is -3.35. The molecule has 2 nitrogen and oxygen atoms in total. The molecule has 0 aromatic heterocycles. The van der Waals surface area contributed by atoms with Gasteiger partial charge in [-0.05, 0) is 54.2 Å². The normalized spacial score (nSPS) is 14.6. The third kappa shape index (κ3) is 2.68. The van der Waals surface area contributed by atoms with Gasteiger partial charge in [0.25, 0.3) is 0 Å². The highest BCUT2D eigenvalue weighted by atomic mass is 32.2. The van der Waals surface area contributed by atoms with Gasteiger partial charge in [-0.3, -0.25) is 0 Å². The van der Waals surface area contributed by atoms with Crippen LogP contribution in [0.5, 0.6) is 0 Å². The van der Waals surface area contributed by atoms with E-state index in [0.717, 1.165) is 18.4 Å². The van der Waals surface area contributed by atoms with E-state index in [4.69, 9.17) is 0 Å². The number of fused-ring (bicyclic) bond motifs is 1. The Balaban J connectivity index is 1.87. The van der Waals surface area contributed by atoms with Crippen molar-refractivity contribution in [3.05, 3.63) is 70.6 Å². The third-order valence-electron chi connectivity index (χ3n) is 3.63. The predicted octanol–water partition coefficient (Wildman–Crippen LogP) is 3.62. The average molecular weight is 284 g/mol. The summed E-state index contributed by atoms with van der Waals surface area (Å²) in [6.07, 6.45) is 5.12. The summed E-state index contributed by atoms with van der Waals surface area (Å²) in [7, 11) is -3.35. The van der Waals surface area contributed by atoms with Gasteiger partial charge in [0, 0.05) is 5.41 Å². The molecule has 3 rings (SSSR count). The molecule has 0 radical (unpaired) electrons. The second-order valence-corrected chi connectivity index (χ2v) is 6.88. The Labute approximate surface area is 119 Å². The van der Waals surface area contributed by atoms with Crippen LogP contribution in [0.3, 0.4) is 0 Å². The SMILES string of the molecule is O=S(=O)(/C=C/c1ccc2c(c1)CCC2)c1ccccc1. The van der Waals surface area contributed by atoms with Gasteiger partial charge in [-0.25, -0.2) is 8.42 Å². The second kappa shape index (κ2) is 5.25. The molecule has 1 aliphatic rings. The van der Waals surface area contributed by atoms with Crippen LogP contribution in [0.25, 0.3) is 6.08 Å². The lowest BCUT2D eigenvalue weighted by molar-refractivity contribution is 0.605. The van der Waals surface area contributed by atoms with Crippen molar-refractivity contribution in [1.82, 2.24) is 0 Å². The summed E-state index contributed by atoms with van der Waals surface area (Å²) in [5, 5.41) is 1.29. The summed E-state index contributed by atoms with van der Waals surface area (Å²) in [6.45, 7) is 0. The van der Waals surface area contributed by atoms with E-state index in [0.29, 0.717) is 4.90 Å². The predicted molar refractivity (Wildman–Crippen MR) is 81.1 cm³/mol. The molecule has 0 amide bonds. The molecule has 0 saturated carbocycles. The molecule has 20 heavy (non-hydrogen) atoms. The number of hydrogen-bond donors (Lipinski definition) is 0. The van der Waals surface area contributed by atoms with E-state index < -0.39 is 9.84 Å². The number of rotatable bonds is 3. The van der Waals surface area contributed by atoms with Gasteiger partial charge in [0.15, 0.2) is 9.84 Å². The standard InChI is InChI=1S/C17H16O2S/c18-20(19,17-7-2-1-3-8-17)12-11-14-9-10-15-5-4-6-16(15)13-14/h1-3,7-13H,4-6H2/b12-11+. The molecule has 0 atom stereocenters. The lowest BCUT2D eigenvalue weighted by Gasteiger charge is -2.01. The highest BCUT2D eigenvalue weighted by Gasteiger charge is 2.11. The first kappa shape index (κ1) is 13.1. The molecule has 1 aliphatic carbocycles. The molecular formula is C17H16O2S. The molecule has 0 heterocycles. The van der Waals surface area contributed by atoms with Gasteiger partial charge in [-0.15, -0.1) is 0 Å². The molecular weight excluding hydrogens is 268 g/mol. The zero-order valence-corrected chi connectivity index (χ0v) is 11.9. The highest BCUT2D eigenvalue weighted by molar-refractivity contribution is 7.94. The number of benzene rings is 2. The first-order valence-corrected chi connectivity index (χ1v) is 8.30. The van der Waals surface area contributed by atoms with Crippen LogP contribution in [0.4, 0.5) is 0 Å². The van der Waals surface area contributed by atoms with E-state index >= 15 is 0 Å². The minimum Gasteiger partial charge on any atom is -0.219 e. The largest absolute Gasteiger partial charge is 0.219 e. The molecule has 0 fully saturated rings. The quantitative estimate of drug-likeness (QED) is 0.862. The van der Waals surface area contributed by atoms with Crippen molar-refractivity contribution in [2.45, 2.75) is 24.2 Å². The van der Waals surface area contributed by atoms with Gasteiger partial charge in [0.05, 0.1) is 4.90 Å². The monoisotopic (exact) mass is 284 g/mol. The zero-order valence-electron chi connectivity index (χ0n) is 11.1. The molecule has 0 N–H and O–H groups in total. The maximum Gasteiger partial charge on any atom is 0.199 e. The summed E-state index contributed by atoms with van der Waals surface area (Å²) in [6, 6.07) is 14.7. The smallest absolute Gasteiger partial charge is 0.199 e. The molecule has 2 aromatic carbocycles. The van der Waals surface area contributed by atoms with Crippen LogP contribution in [0.1, 0.15) is 23.1 Å². The number of hydrogen-bond acceptors (Lipinski definition) is 2. The highest BCUT2D eigenvalue weighted by Crippen LogP contribution is 2.23. The molecule has 0 unspecified atom stereocenters. The first-order valence-electron chi connectivity index (χ1n) is 6.75. The van der Waals surface area contributed by atoms with Crippen LogP contribution in [0.2, 0.25) is 0 Å². The molecule has 102 valence electrons. The average Bonchev–Trinajstić information content (AvgIpc) is 2.94. The molecule has 0 bridgehead atoms. The molecule has 0 saturated heterocycles. The van der Waals surface area contributed by atoms with Crippen molar-refractivity contribution in [1.29, 1.82) is 0 Å². The Morgan fingerprint density at radius 1 is 0.900 bits per heavy atom. The molecule has 2 aromatic rings. The fourth-order valence-corrected chi connectivity index (χ4v) is 3.58. The maximum absolute atomic E-state index is 12.2. The fourth-order valence-electron chi connectivity index (χ4n) is 2.55. The third-order valence-corrected chi connectivity index (χ3v) is 5.06. The van der Waals surface area contributed by atoms with E-state index in [9.17, 15) is 8.42 Å². The van der Waals surface area contributed by atoms with E-state index in [1.54, 1.807) is 30.3 Å². The van der Waals surface area contributed by atoms with Crippen LogP contribution >= 0.6 is 0 Å². The van der Waals surface area contributed by atoms with Crippen LogP contribution < -0.4 is 0 Å². The summed E-state index contributed by atoms with van der Waals surface area (Å²) >= 11 is 0. The Hall–Kier alpha value is -1.87. The van der Waals surface area contributed by atoms with Crippen molar-refractivity contribution in [3.63, 3.8) is 0 Å².